The molecule has 25 heavy (non-hydrogen) atoms. The second kappa shape index (κ2) is 7.30. The largest absolute Gasteiger partial charge is 0.490 e. The van der Waals surface area contributed by atoms with Crippen molar-refractivity contribution in [1.29, 1.82) is 0 Å². The van der Waals surface area contributed by atoms with E-state index in [9.17, 15) is 49.2 Å². The summed E-state index contributed by atoms with van der Waals surface area (Å²) < 4.78 is 43.8. The van der Waals surface area contributed by atoms with Crippen LogP contribution in [0.2, 0.25) is 0 Å². The molecule has 0 aromatic heterocycles. The van der Waals surface area contributed by atoms with Gasteiger partial charge in [0.05, 0.1) is 0 Å². The summed E-state index contributed by atoms with van der Waals surface area (Å²) in [6.45, 7) is 0. The molecular weight excluding hydrogens is 421 g/mol. The Morgan fingerprint density at radius 2 is 1.08 bits per heavy atom. The molecule has 1 saturated carbocycles. The molecule has 0 saturated heterocycles. The van der Waals surface area contributed by atoms with Crippen LogP contribution in [0.15, 0.2) is 0 Å². The molecule has 0 spiro atoms. The number of aliphatic hydroxyl groups is 6. The van der Waals surface area contributed by atoms with E-state index >= 15 is 0 Å². The Morgan fingerprint density at radius 1 is 0.680 bits per heavy atom. The molecule has 0 aliphatic heterocycles. The van der Waals surface area contributed by atoms with E-state index in [1.54, 1.807) is 0 Å². The Kier molecular flexibility index (Phi) is 6.77. The van der Waals surface area contributed by atoms with Gasteiger partial charge in [0, 0.05) is 0 Å². The zero-order valence-electron chi connectivity index (χ0n) is 11.7. The molecule has 0 aromatic rings. The third-order valence-electron chi connectivity index (χ3n) is 2.87. The van der Waals surface area contributed by atoms with Crippen molar-refractivity contribution in [1.82, 2.24) is 0 Å². The lowest BCUT2D eigenvalue weighted by atomic mass is 9.82. The first-order valence-electron chi connectivity index (χ1n) is 5.89. The molecule has 16 nitrogen and oxygen atoms in total. The molecule has 0 heterocycles. The number of hydrogen-bond donors (Lipinski definition) is 10. The monoisotopic (exact) mass is 436 g/mol. The minimum Gasteiger partial charge on any atom is -0.387 e. The lowest BCUT2D eigenvalue weighted by molar-refractivity contribution is -0.336. The van der Waals surface area contributed by atoms with E-state index in [4.69, 9.17) is 14.7 Å². The maximum Gasteiger partial charge on any atom is 0.490 e. The van der Waals surface area contributed by atoms with E-state index in [1.165, 1.54) is 0 Å². The molecule has 0 radical (unpaired) electrons. The van der Waals surface area contributed by atoms with Gasteiger partial charge in [-0.05, 0) is 0 Å². The standard InChI is InChI=1S/C6H15O16P3/c7-1-2(8)4(10)6(12,5(11)3(1)9)20-24(16,17)22-25(18,19)21-23(13,14)15/h1-5,7-12H,(H,16,17)(H,18,19)(H2,13,14,15)/t1?,2-,3+,4-,5-,6?/m1/s1. The van der Waals surface area contributed by atoms with Gasteiger partial charge in [0.15, 0.2) is 0 Å². The number of phosphoric acid groups is 3. The van der Waals surface area contributed by atoms with Crippen LogP contribution in [-0.4, -0.2) is 86.5 Å². The third-order valence-corrected chi connectivity index (χ3v) is 6.72. The number of phosphoric ester groups is 1. The Bertz CT molecular complexity index is 611. The minimum atomic E-state index is -6.04. The second-order valence-electron chi connectivity index (χ2n) is 4.80. The highest BCUT2D eigenvalue weighted by molar-refractivity contribution is 7.66. The highest BCUT2D eigenvalue weighted by atomic mass is 31.3. The fourth-order valence-corrected chi connectivity index (χ4v) is 5.05. The van der Waals surface area contributed by atoms with Crippen LogP contribution < -0.4 is 0 Å². The van der Waals surface area contributed by atoms with Crippen molar-refractivity contribution in [2.45, 2.75) is 36.3 Å². The summed E-state index contributed by atoms with van der Waals surface area (Å²) in [6, 6.07) is 0. The summed E-state index contributed by atoms with van der Waals surface area (Å²) >= 11 is 0. The van der Waals surface area contributed by atoms with Crippen molar-refractivity contribution in [2.75, 3.05) is 0 Å². The molecule has 19 heteroatoms. The quantitative estimate of drug-likeness (QED) is 0.140. The van der Waals surface area contributed by atoms with Gasteiger partial charge in [-0.15, -0.1) is 0 Å². The van der Waals surface area contributed by atoms with E-state index < -0.39 is 59.8 Å². The molecule has 8 atom stereocenters. The van der Waals surface area contributed by atoms with Gasteiger partial charge in [-0.3, -0.25) is 0 Å². The molecule has 0 amide bonds. The topological polar surface area (TPSA) is 281 Å². The van der Waals surface area contributed by atoms with E-state index in [0.29, 0.717) is 0 Å². The van der Waals surface area contributed by atoms with Gasteiger partial charge in [-0.1, -0.05) is 0 Å². The SMILES string of the molecule is O=P(O)(O)OP(=O)(O)OP(=O)(O)OC1(O)[C@H](O)[C@H](O)C(O)[C@H](O)[C@H]1O. The molecule has 0 aromatic carbocycles. The molecular formula is C6H15O16P3. The summed E-state index contributed by atoms with van der Waals surface area (Å²) in [6.07, 6.45) is -12.6. The second-order valence-corrected chi connectivity index (χ2v) is 9.14. The van der Waals surface area contributed by atoms with Crippen LogP contribution in [0, 0.1) is 0 Å². The summed E-state index contributed by atoms with van der Waals surface area (Å²) in [4.78, 5) is 34.9. The highest BCUT2D eigenvalue weighted by Gasteiger charge is 2.62. The van der Waals surface area contributed by atoms with Gasteiger partial charge >= 0.3 is 23.5 Å². The fourth-order valence-electron chi connectivity index (χ4n) is 1.83. The minimum absolute atomic E-state index is 2.23. The first-order valence-corrected chi connectivity index (χ1v) is 10.4. The van der Waals surface area contributed by atoms with Crippen LogP contribution in [-0.2, 0) is 26.8 Å². The average Bonchev–Trinajstić information content (AvgIpc) is 2.36. The van der Waals surface area contributed by atoms with Crippen molar-refractivity contribution in [2.24, 2.45) is 0 Å². The molecule has 1 rings (SSSR count). The van der Waals surface area contributed by atoms with Gasteiger partial charge in [-0.2, -0.15) is 8.62 Å². The van der Waals surface area contributed by atoms with E-state index in [-0.39, 0.29) is 0 Å². The maximum atomic E-state index is 11.6. The molecule has 10 N–H and O–H groups in total. The Balaban J connectivity index is 3.06. The predicted octanol–water partition coefficient (Wildman–Crippen LogP) is -4.16. The predicted molar refractivity (Wildman–Crippen MR) is 69.9 cm³/mol. The van der Waals surface area contributed by atoms with Crippen LogP contribution in [0.3, 0.4) is 0 Å². The normalized spacial score (nSPS) is 41.8. The van der Waals surface area contributed by atoms with Gasteiger partial charge in [0.1, 0.15) is 30.5 Å². The van der Waals surface area contributed by atoms with Gasteiger partial charge in [-0.25, -0.2) is 18.2 Å². The van der Waals surface area contributed by atoms with Crippen LogP contribution in [0.25, 0.3) is 0 Å². The summed E-state index contributed by atoms with van der Waals surface area (Å²) in [5.74, 6) is -3.72. The van der Waals surface area contributed by atoms with E-state index in [1.807, 2.05) is 0 Å². The number of hydrogen-bond acceptors (Lipinski definition) is 12. The van der Waals surface area contributed by atoms with Crippen molar-refractivity contribution >= 4 is 23.5 Å². The zero-order valence-corrected chi connectivity index (χ0v) is 14.3. The first kappa shape index (κ1) is 23.2. The third kappa shape index (κ3) is 5.57. The average molecular weight is 436 g/mol. The van der Waals surface area contributed by atoms with Gasteiger partial charge in [0.2, 0.25) is 5.79 Å². The van der Waals surface area contributed by atoms with Crippen LogP contribution >= 0.6 is 23.5 Å². The molecule has 150 valence electrons. The Hall–Kier alpha value is 0.170. The van der Waals surface area contributed by atoms with Crippen molar-refractivity contribution in [3.63, 3.8) is 0 Å². The van der Waals surface area contributed by atoms with Crippen LogP contribution in [0.1, 0.15) is 0 Å². The van der Waals surface area contributed by atoms with Crippen LogP contribution in [0.5, 0.6) is 0 Å². The van der Waals surface area contributed by atoms with Crippen molar-refractivity contribution < 1.29 is 77.1 Å². The highest BCUT2D eigenvalue weighted by Crippen LogP contribution is 2.67. The Labute approximate surface area is 137 Å². The first-order chi connectivity index (χ1) is 10.9. The summed E-state index contributed by atoms with van der Waals surface area (Å²) in [7, 11) is -17.7. The maximum absolute atomic E-state index is 11.6. The van der Waals surface area contributed by atoms with Crippen LogP contribution in [0.4, 0.5) is 0 Å². The van der Waals surface area contributed by atoms with Gasteiger partial charge < -0.3 is 50.2 Å². The lowest BCUT2D eigenvalue weighted by Gasteiger charge is -2.46. The van der Waals surface area contributed by atoms with Crippen molar-refractivity contribution in [3.05, 3.63) is 0 Å². The molecule has 1 fully saturated rings. The van der Waals surface area contributed by atoms with Gasteiger partial charge in [0.25, 0.3) is 0 Å². The van der Waals surface area contributed by atoms with E-state index in [0.717, 1.165) is 0 Å². The lowest BCUT2D eigenvalue weighted by Crippen LogP contribution is -2.71. The van der Waals surface area contributed by atoms with Crippen molar-refractivity contribution in [3.8, 4) is 0 Å². The number of aliphatic hydroxyl groups excluding tert-OH is 5. The zero-order chi connectivity index (χ0) is 20.0. The Morgan fingerprint density at radius 3 is 1.44 bits per heavy atom. The molecule has 4 unspecified atom stereocenters. The fraction of sp³-hybridized carbons (Fsp3) is 1.00. The molecule has 1 aliphatic rings. The van der Waals surface area contributed by atoms with E-state index in [2.05, 4.69) is 13.1 Å². The number of rotatable bonds is 6. The summed E-state index contributed by atoms with van der Waals surface area (Å²) in [5.41, 5.74) is 0. The summed E-state index contributed by atoms with van der Waals surface area (Å²) in [5, 5.41) is 57.1. The smallest absolute Gasteiger partial charge is 0.387 e. The molecule has 0 bridgehead atoms. The molecule has 1 aliphatic carbocycles.